The van der Waals surface area contributed by atoms with Gasteiger partial charge in [0.25, 0.3) is 0 Å². The summed E-state index contributed by atoms with van der Waals surface area (Å²) in [5, 5.41) is 6.93. The SMILES string of the molecule is FC(c1cccc(-c2ccccn2)c1)c1ccc2c3c4c(ccc3n(-c3ccccn3)c2c1)[Si](c1ccccc1)(c1ccccc1)c1ccccc1O4. The van der Waals surface area contributed by atoms with Gasteiger partial charge in [0, 0.05) is 23.3 Å². The Balaban J connectivity index is 1.25. The second-order valence-electron chi connectivity index (χ2n) is 13.4. The van der Waals surface area contributed by atoms with Crippen LogP contribution in [-0.4, -0.2) is 22.6 Å². The molecule has 0 N–H and O–H groups in total. The van der Waals surface area contributed by atoms with E-state index in [2.05, 4.69) is 107 Å². The van der Waals surface area contributed by atoms with Gasteiger partial charge in [0.1, 0.15) is 17.3 Å². The van der Waals surface area contributed by atoms with Gasteiger partial charge < -0.3 is 4.74 Å². The zero-order valence-electron chi connectivity index (χ0n) is 28.6. The third kappa shape index (κ3) is 4.87. The Morgan fingerprint density at radius 3 is 1.98 bits per heavy atom. The Morgan fingerprint density at radius 1 is 0.547 bits per heavy atom. The predicted octanol–water partition coefficient (Wildman–Crippen LogP) is 8.78. The standard InChI is InChI=1S/C47H32FN3OSi/c48-46(33-15-13-14-32(30-33)38-20-9-11-28-49-38)34-24-25-37-40(31-34)51(44-23-10-12-29-50-44)39-26-27-43-47(45(37)39)52-41-21-7-8-22-42(41)53(43,35-16-3-1-4-17-35)36-18-5-2-6-19-36/h1-31,46H. The number of hydrogen-bond donors (Lipinski definition) is 0. The number of nitrogens with zero attached hydrogens (tertiary/aromatic N) is 3. The average Bonchev–Trinajstić information content (AvgIpc) is 3.58. The van der Waals surface area contributed by atoms with E-state index in [1.807, 2.05) is 78.9 Å². The number of aromatic nitrogens is 3. The van der Waals surface area contributed by atoms with Crippen molar-refractivity contribution >= 4 is 50.6 Å². The molecule has 1 aliphatic heterocycles. The van der Waals surface area contributed by atoms with Crippen LogP contribution < -0.4 is 25.5 Å². The summed E-state index contributed by atoms with van der Waals surface area (Å²) in [6, 6.07) is 59.9. The molecule has 53 heavy (non-hydrogen) atoms. The highest BCUT2D eigenvalue weighted by Crippen LogP contribution is 2.42. The van der Waals surface area contributed by atoms with Gasteiger partial charge in [0.15, 0.2) is 14.2 Å². The minimum atomic E-state index is -2.87. The first-order valence-electron chi connectivity index (χ1n) is 17.8. The van der Waals surface area contributed by atoms with Crippen molar-refractivity contribution in [3.8, 4) is 28.6 Å². The van der Waals surface area contributed by atoms with E-state index >= 15 is 4.39 Å². The lowest BCUT2D eigenvalue weighted by atomic mass is 9.98. The summed E-state index contributed by atoms with van der Waals surface area (Å²) >= 11 is 0. The normalized spacial score (nSPS) is 13.6. The number of fused-ring (bicyclic) bond motifs is 6. The van der Waals surface area contributed by atoms with E-state index < -0.39 is 14.2 Å². The molecule has 0 spiro atoms. The summed E-state index contributed by atoms with van der Waals surface area (Å²) in [5.74, 6) is 2.45. The number of benzene rings is 6. The molecule has 4 heterocycles. The van der Waals surface area contributed by atoms with Crippen LogP contribution in [0.3, 0.4) is 0 Å². The smallest absolute Gasteiger partial charge is 0.188 e. The van der Waals surface area contributed by atoms with Crippen molar-refractivity contribution in [3.63, 3.8) is 0 Å². The Kier molecular flexibility index (Phi) is 7.37. The van der Waals surface area contributed by atoms with Crippen LogP contribution in [0, 0.1) is 0 Å². The van der Waals surface area contributed by atoms with Crippen LogP contribution in [0.5, 0.6) is 11.5 Å². The van der Waals surface area contributed by atoms with E-state index in [0.29, 0.717) is 11.1 Å². The highest BCUT2D eigenvalue weighted by atomic mass is 28.3. The number of alkyl halides is 1. The maximum atomic E-state index is 16.7. The number of ether oxygens (including phenoxy) is 1. The number of pyridine rings is 2. The predicted molar refractivity (Wildman–Crippen MR) is 215 cm³/mol. The number of para-hydroxylation sites is 1. The zero-order chi connectivity index (χ0) is 35.4. The van der Waals surface area contributed by atoms with Crippen LogP contribution in [0.1, 0.15) is 17.3 Å². The van der Waals surface area contributed by atoms with Crippen molar-refractivity contribution < 1.29 is 9.13 Å². The fourth-order valence-electron chi connectivity index (χ4n) is 8.25. The average molecular weight is 702 g/mol. The fraction of sp³-hybridized carbons (Fsp3) is 0.0213. The Bertz CT molecular complexity index is 2730. The van der Waals surface area contributed by atoms with Gasteiger partial charge in [-0.2, -0.15) is 0 Å². The fourth-order valence-corrected chi connectivity index (χ4v) is 13.2. The lowest BCUT2D eigenvalue weighted by Crippen LogP contribution is -2.76. The van der Waals surface area contributed by atoms with Gasteiger partial charge in [-0.1, -0.05) is 127 Å². The molecule has 1 atom stereocenters. The van der Waals surface area contributed by atoms with Crippen LogP contribution in [0.15, 0.2) is 188 Å². The Labute approximate surface area is 307 Å². The van der Waals surface area contributed by atoms with E-state index in [9.17, 15) is 0 Å². The minimum Gasteiger partial charge on any atom is -0.457 e. The van der Waals surface area contributed by atoms with E-state index in [1.165, 1.54) is 20.7 Å². The molecule has 3 aromatic heterocycles. The lowest BCUT2D eigenvalue weighted by molar-refractivity contribution is 0.402. The molecule has 1 unspecified atom stereocenters. The highest BCUT2D eigenvalue weighted by molar-refractivity contribution is 7.20. The highest BCUT2D eigenvalue weighted by Gasteiger charge is 2.48. The quantitative estimate of drug-likeness (QED) is 0.163. The van der Waals surface area contributed by atoms with E-state index in [0.717, 1.165) is 50.4 Å². The molecule has 0 radical (unpaired) electrons. The second-order valence-corrected chi connectivity index (χ2v) is 17.2. The summed E-state index contributed by atoms with van der Waals surface area (Å²) in [6.45, 7) is 0. The molecule has 0 bridgehead atoms. The summed E-state index contributed by atoms with van der Waals surface area (Å²) in [6.07, 6.45) is 2.20. The summed E-state index contributed by atoms with van der Waals surface area (Å²) in [5.41, 5.74) is 4.64. The van der Waals surface area contributed by atoms with Gasteiger partial charge >= 0.3 is 0 Å². The molecular formula is C47H32FN3OSi. The maximum Gasteiger partial charge on any atom is 0.188 e. The molecule has 0 amide bonds. The Hall–Kier alpha value is -6.63. The summed E-state index contributed by atoms with van der Waals surface area (Å²) in [7, 11) is -2.87. The number of rotatable bonds is 6. The molecule has 0 aliphatic carbocycles. The maximum absolute atomic E-state index is 16.7. The molecule has 0 saturated carbocycles. The first-order chi connectivity index (χ1) is 26.2. The third-order valence-corrected chi connectivity index (χ3v) is 15.4. The van der Waals surface area contributed by atoms with Crippen molar-refractivity contribution in [2.45, 2.75) is 6.17 Å². The van der Waals surface area contributed by atoms with Crippen LogP contribution >= 0.6 is 0 Å². The molecule has 10 rings (SSSR count). The van der Waals surface area contributed by atoms with Crippen molar-refractivity contribution in [2.24, 2.45) is 0 Å². The minimum absolute atomic E-state index is 0.563. The molecule has 4 nitrogen and oxygen atoms in total. The van der Waals surface area contributed by atoms with Gasteiger partial charge in [-0.25, -0.2) is 9.37 Å². The third-order valence-electron chi connectivity index (χ3n) is 10.5. The first-order valence-corrected chi connectivity index (χ1v) is 19.8. The van der Waals surface area contributed by atoms with E-state index in [1.54, 1.807) is 12.4 Å². The second kappa shape index (κ2) is 12.5. The van der Waals surface area contributed by atoms with Crippen LogP contribution in [0.4, 0.5) is 4.39 Å². The monoisotopic (exact) mass is 701 g/mol. The summed E-state index contributed by atoms with van der Waals surface area (Å²) < 4.78 is 25.9. The molecular weight excluding hydrogens is 670 g/mol. The summed E-state index contributed by atoms with van der Waals surface area (Å²) in [4.78, 5) is 9.29. The largest absolute Gasteiger partial charge is 0.457 e. The van der Waals surface area contributed by atoms with Gasteiger partial charge in [-0.05, 0) is 80.4 Å². The van der Waals surface area contributed by atoms with Crippen molar-refractivity contribution in [3.05, 3.63) is 199 Å². The van der Waals surface area contributed by atoms with Crippen LogP contribution in [-0.2, 0) is 0 Å². The topological polar surface area (TPSA) is 39.9 Å². The molecule has 252 valence electrons. The number of halogens is 1. The van der Waals surface area contributed by atoms with E-state index in [4.69, 9.17) is 9.72 Å². The van der Waals surface area contributed by atoms with Crippen LogP contribution in [0.2, 0.25) is 0 Å². The van der Waals surface area contributed by atoms with Gasteiger partial charge in [-0.15, -0.1) is 0 Å². The van der Waals surface area contributed by atoms with Crippen molar-refractivity contribution in [2.75, 3.05) is 0 Å². The molecule has 0 saturated heterocycles. The first kappa shape index (κ1) is 31.1. The van der Waals surface area contributed by atoms with E-state index in [-0.39, 0.29) is 0 Å². The van der Waals surface area contributed by atoms with Crippen molar-refractivity contribution in [1.29, 1.82) is 0 Å². The lowest BCUT2D eigenvalue weighted by Gasteiger charge is -2.39. The van der Waals surface area contributed by atoms with Crippen molar-refractivity contribution in [1.82, 2.24) is 14.5 Å². The molecule has 9 aromatic rings. The van der Waals surface area contributed by atoms with Gasteiger partial charge in [0.05, 0.1) is 22.1 Å². The van der Waals surface area contributed by atoms with Gasteiger partial charge in [0.2, 0.25) is 0 Å². The van der Waals surface area contributed by atoms with Gasteiger partial charge in [-0.3, -0.25) is 9.55 Å². The van der Waals surface area contributed by atoms with Crippen LogP contribution in [0.25, 0.3) is 38.9 Å². The Morgan fingerprint density at radius 2 is 1.25 bits per heavy atom. The molecule has 6 aromatic carbocycles. The molecule has 0 fully saturated rings. The zero-order valence-corrected chi connectivity index (χ0v) is 29.6. The molecule has 1 aliphatic rings. The number of hydrogen-bond acceptors (Lipinski definition) is 3. The molecule has 6 heteroatoms.